The first-order chi connectivity index (χ1) is 26.2. The molecule has 3 aromatic carbocycles. The van der Waals surface area contributed by atoms with E-state index in [1.54, 1.807) is 4.72 Å². The van der Waals surface area contributed by atoms with Gasteiger partial charge in [-0.05, 0) is 85.4 Å². The summed E-state index contributed by atoms with van der Waals surface area (Å²) in [5.41, 5.74) is -2.00. The van der Waals surface area contributed by atoms with Crippen molar-refractivity contribution in [1.29, 1.82) is 0 Å². The molecule has 214 valence electrons. The molecule has 5 rings (SSSR count). The molecule has 1 aromatic heterocycles. The Kier molecular flexibility index (Phi) is 3.99. The van der Waals surface area contributed by atoms with E-state index in [9.17, 15) is 18.0 Å². The number of nitrogens with zero attached hydrogens (tertiary/aromatic N) is 1. The number of hydrogen-bond acceptors (Lipinski definition) is 6. The zero-order valence-electron chi connectivity index (χ0n) is 38.2. The van der Waals surface area contributed by atoms with Crippen molar-refractivity contribution < 1.29 is 50.8 Å². The molecule has 41 heavy (non-hydrogen) atoms. The second-order valence-electron chi connectivity index (χ2n) is 8.46. The highest BCUT2D eigenvalue weighted by molar-refractivity contribution is 7.90. The Morgan fingerprint density at radius 3 is 2.68 bits per heavy atom. The molecule has 0 saturated heterocycles. The largest absolute Gasteiger partial charge is 0.496 e. The van der Waals surface area contributed by atoms with E-state index >= 15 is 0 Å². The SMILES string of the molecule is [2H]C([2H])([2H])c1ccccc1S(=O)(=O)NC(=O)c1ccc(C([2H])([2H])c2cn(C([2H])([2H])[2H])c3ccc(NC(=O)OC4([2H])C([2H])([2H])C([2H])([2H])C([2H])([2H])C4([2H])[2H])cc23)c(OC)c1. The first-order valence-electron chi connectivity index (χ1n) is 20.2. The van der Waals surface area contributed by atoms with E-state index in [-0.39, 0.29) is 39.0 Å². The van der Waals surface area contributed by atoms with Gasteiger partial charge >= 0.3 is 6.09 Å². The van der Waals surface area contributed by atoms with Gasteiger partial charge in [-0.25, -0.2) is 17.9 Å². The number of carbonyl (C=O) groups is 2. The van der Waals surface area contributed by atoms with Crippen molar-refractivity contribution in [3.63, 3.8) is 0 Å². The van der Waals surface area contributed by atoms with Crippen molar-refractivity contribution in [2.45, 2.75) is 49.7 Å². The Labute approximate surface area is 263 Å². The van der Waals surface area contributed by atoms with E-state index in [4.69, 9.17) is 32.8 Å². The zero-order chi connectivity index (χ0) is 44.0. The van der Waals surface area contributed by atoms with E-state index in [1.165, 1.54) is 12.1 Å². The van der Waals surface area contributed by atoms with Crippen LogP contribution in [0.3, 0.4) is 0 Å². The highest BCUT2D eigenvalue weighted by Crippen LogP contribution is 2.30. The van der Waals surface area contributed by atoms with Crippen molar-refractivity contribution in [2.75, 3.05) is 12.4 Å². The molecule has 0 radical (unpaired) electrons. The van der Waals surface area contributed by atoms with E-state index in [0.717, 1.165) is 66.4 Å². The van der Waals surface area contributed by atoms with Crippen molar-refractivity contribution >= 4 is 38.6 Å². The number of nitrogens with one attached hydrogen (secondary N) is 2. The molecular weight excluding hydrogens is 542 g/mol. The summed E-state index contributed by atoms with van der Waals surface area (Å²) >= 11 is 0. The molecule has 9 nitrogen and oxygen atoms in total. The Bertz CT molecular complexity index is 2400. The molecule has 1 saturated carbocycles. The second-order valence-corrected chi connectivity index (χ2v) is 10.1. The van der Waals surface area contributed by atoms with Gasteiger partial charge in [0.15, 0.2) is 0 Å². The molecule has 0 unspecified atom stereocenters. The molecule has 2 amide bonds. The number of aryl methyl sites for hydroxylation is 2. The lowest BCUT2D eigenvalue weighted by Crippen LogP contribution is -2.31. The number of ether oxygens (including phenoxy) is 2. The van der Waals surface area contributed by atoms with Crippen LogP contribution in [-0.2, 0) is 28.1 Å². The number of benzene rings is 3. The van der Waals surface area contributed by atoms with Gasteiger partial charge in [-0.15, -0.1) is 0 Å². The van der Waals surface area contributed by atoms with E-state index in [2.05, 4.69) is 5.32 Å². The van der Waals surface area contributed by atoms with Gasteiger partial charge in [-0.3, -0.25) is 10.1 Å². The fourth-order valence-corrected chi connectivity index (χ4v) is 5.01. The van der Waals surface area contributed by atoms with Crippen LogP contribution in [0.25, 0.3) is 10.9 Å². The quantitative estimate of drug-likeness (QED) is 0.271. The summed E-state index contributed by atoms with van der Waals surface area (Å²) in [6.45, 7) is -5.76. The first kappa shape index (κ1) is 14.0. The topological polar surface area (TPSA) is 116 Å². The summed E-state index contributed by atoms with van der Waals surface area (Å²) in [5.74, 6) is -1.57. The summed E-state index contributed by atoms with van der Waals surface area (Å²) in [4.78, 5) is 25.6. The maximum Gasteiger partial charge on any atom is 0.411 e. The lowest BCUT2D eigenvalue weighted by molar-refractivity contribution is 0.0980. The third-order valence-corrected chi connectivity index (χ3v) is 7.19. The maximum absolute atomic E-state index is 13.2. The van der Waals surface area contributed by atoms with Gasteiger partial charge in [0.2, 0.25) is 0 Å². The molecular formula is C31H33N3O6S. The fraction of sp³-hybridized carbons (Fsp3) is 0.290. The zero-order valence-corrected chi connectivity index (χ0v) is 22.0. The second kappa shape index (κ2) is 11.7. The van der Waals surface area contributed by atoms with E-state index in [1.807, 2.05) is 0 Å². The van der Waals surface area contributed by atoms with Gasteiger partial charge in [-0.2, -0.15) is 0 Å². The fourth-order valence-electron chi connectivity index (χ4n) is 3.92. The smallest absolute Gasteiger partial charge is 0.411 e. The van der Waals surface area contributed by atoms with Crippen LogP contribution in [-0.4, -0.2) is 38.2 Å². The van der Waals surface area contributed by atoms with Crippen LogP contribution >= 0.6 is 0 Å². The van der Waals surface area contributed by atoms with Gasteiger partial charge in [0.1, 0.15) is 11.8 Å². The third-order valence-electron chi connectivity index (χ3n) is 5.80. The van der Waals surface area contributed by atoms with Crippen molar-refractivity contribution in [1.82, 2.24) is 9.29 Å². The van der Waals surface area contributed by atoms with Crippen molar-refractivity contribution in [2.24, 2.45) is 6.98 Å². The predicted molar refractivity (Wildman–Crippen MR) is 157 cm³/mol. The van der Waals surface area contributed by atoms with Gasteiger partial charge in [0, 0.05) is 63.6 Å². The number of aromatic nitrogens is 1. The lowest BCUT2D eigenvalue weighted by atomic mass is 10.0. The molecule has 1 heterocycles. The minimum atomic E-state index is -4.75. The van der Waals surface area contributed by atoms with Gasteiger partial charge in [-0.1, -0.05) is 24.3 Å². The van der Waals surface area contributed by atoms with Crippen molar-refractivity contribution in [3.8, 4) is 5.75 Å². The highest BCUT2D eigenvalue weighted by Gasteiger charge is 2.22. The van der Waals surface area contributed by atoms with E-state index in [0.29, 0.717) is 0 Å². The normalized spacial score (nSPS) is 26.5. The summed E-state index contributed by atoms with van der Waals surface area (Å²) < 4.78 is 177. The molecule has 1 aliphatic rings. The molecule has 2 N–H and O–H groups in total. The van der Waals surface area contributed by atoms with Crippen LogP contribution in [0.5, 0.6) is 5.75 Å². The van der Waals surface area contributed by atoms with Gasteiger partial charge in [0.05, 0.1) is 13.4 Å². The van der Waals surface area contributed by atoms with E-state index < -0.39 is 84.3 Å². The van der Waals surface area contributed by atoms with Crippen LogP contribution in [0.4, 0.5) is 10.5 Å². The molecule has 0 bridgehead atoms. The molecule has 1 fully saturated rings. The van der Waals surface area contributed by atoms with Gasteiger partial charge < -0.3 is 14.0 Å². The maximum atomic E-state index is 13.2. The van der Waals surface area contributed by atoms with Crippen LogP contribution in [0, 0.1) is 6.85 Å². The van der Waals surface area contributed by atoms with Crippen LogP contribution < -0.4 is 14.8 Å². The molecule has 0 aliphatic heterocycles. The molecule has 10 heteroatoms. The monoisotopic (exact) mass is 592 g/mol. The van der Waals surface area contributed by atoms with Crippen LogP contribution in [0.2, 0.25) is 0 Å². The molecule has 1 aliphatic carbocycles. The number of hydrogen-bond donors (Lipinski definition) is 2. The standard InChI is InChI=1S/C31H33N3O6S/c1-20-8-4-7-11-29(20)41(37,38)33-30(35)22-13-12-21(28(17-22)39-3)16-23-19-34(2)27-15-14-24(18-26(23)27)32-31(36)40-25-9-5-6-10-25/h4,7-8,11-15,17-19,25H,5-6,9-10,16H2,1-3H3,(H,32,36)(H,33,35)/i1D3,2D3,5D2,6D2,9D2,10D2,16D2,25D. The number of rotatable bonds is 8. The third kappa shape index (κ3) is 6.22. The van der Waals surface area contributed by atoms with Crippen molar-refractivity contribution in [3.05, 3.63) is 89.1 Å². The minimum absolute atomic E-state index is 0.114. The average Bonchev–Trinajstić information content (AvgIpc) is 3.52. The molecule has 0 atom stereocenters. The Balaban J connectivity index is 1.52. The van der Waals surface area contributed by atoms with Crippen LogP contribution in [0.15, 0.2) is 71.8 Å². The number of anilines is 1. The molecule has 0 spiro atoms. The Morgan fingerprint density at radius 1 is 1.12 bits per heavy atom. The van der Waals surface area contributed by atoms with Gasteiger partial charge in [0.25, 0.3) is 15.9 Å². The van der Waals surface area contributed by atoms with Crippen LogP contribution in [0.1, 0.15) is 75.8 Å². The number of carbonyl (C=O) groups excluding carboxylic acids is 2. The number of sulfonamides is 1. The molecule has 4 aromatic rings. The summed E-state index contributed by atoms with van der Waals surface area (Å²) in [6.07, 6.45) is -22.1. The minimum Gasteiger partial charge on any atom is -0.496 e. The number of amides is 2. The Hall–Kier alpha value is -4.31. The first-order valence-corrected chi connectivity index (χ1v) is 13.2. The summed E-state index contributed by atoms with van der Waals surface area (Å²) in [5, 5.41) is 1.92. The Morgan fingerprint density at radius 2 is 1.93 bits per heavy atom. The highest BCUT2D eigenvalue weighted by atomic mass is 32.2. The summed E-state index contributed by atoms with van der Waals surface area (Å²) in [6, 6.07) is 11.0. The summed E-state index contributed by atoms with van der Waals surface area (Å²) in [7, 11) is -3.65. The average molecular weight is 593 g/mol. The predicted octanol–water partition coefficient (Wildman–Crippen LogP) is 5.70. The number of methoxy groups -OCH3 is 1. The lowest BCUT2D eigenvalue weighted by Gasteiger charge is -2.13. The number of fused-ring (bicyclic) bond motifs is 1.